The minimum atomic E-state index is -5.01. The van der Waals surface area contributed by atoms with Crippen LogP contribution in [0.2, 0.25) is 0 Å². The van der Waals surface area contributed by atoms with E-state index in [-0.39, 0.29) is 6.54 Å². The Hall–Kier alpha value is -1.61. The molecule has 0 radical (unpaired) electrons. The van der Waals surface area contributed by atoms with Gasteiger partial charge in [-0.05, 0) is 32.7 Å². The number of carbonyl (C=O) groups is 1. The zero-order chi connectivity index (χ0) is 19.4. The smallest absolute Gasteiger partial charge is 0.374 e. The van der Waals surface area contributed by atoms with Crippen molar-refractivity contribution in [2.24, 2.45) is 7.05 Å². The first-order valence-electron chi connectivity index (χ1n) is 8.93. The lowest BCUT2D eigenvalue weighted by Crippen LogP contribution is -2.48. The summed E-state index contributed by atoms with van der Waals surface area (Å²) in [6.45, 7) is 4.25. The SMILES string of the molecule is CC1CCCCN1CCCNC(=O)CC(O)(c1nccn1C)C(F)(F)F. The van der Waals surface area contributed by atoms with Crippen LogP contribution in [0, 0.1) is 0 Å². The first-order chi connectivity index (χ1) is 12.1. The van der Waals surface area contributed by atoms with Gasteiger partial charge in [-0.1, -0.05) is 6.42 Å². The fourth-order valence-electron chi connectivity index (χ4n) is 3.36. The van der Waals surface area contributed by atoms with Crippen molar-refractivity contribution in [1.29, 1.82) is 0 Å². The molecule has 2 atom stereocenters. The minimum Gasteiger partial charge on any atom is -0.374 e. The van der Waals surface area contributed by atoms with Gasteiger partial charge in [-0.2, -0.15) is 13.2 Å². The number of piperidine rings is 1. The highest BCUT2D eigenvalue weighted by molar-refractivity contribution is 5.77. The van der Waals surface area contributed by atoms with Crippen molar-refractivity contribution in [1.82, 2.24) is 19.8 Å². The number of hydrogen-bond acceptors (Lipinski definition) is 4. The molecule has 0 bridgehead atoms. The van der Waals surface area contributed by atoms with E-state index in [1.807, 2.05) is 0 Å². The van der Waals surface area contributed by atoms with E-state index in [2.05, 4.69) is 22.1 Å². The molecule has 1 saturated heterocycles. The number of aryl methyl sites for hydroxylation is 1. The highest BCUT2D eigenvalue weighted by Gasteiger charge is 2.58. The summed E-state index contributed by atoms with van der Waals surface area (Å²) in [5, 5.41) is 12.7. The monoisotopic (exact) mass is 376 g/mol. The summed E-state index contributed by atoms with van der Waals surface area (Å²) in [7, 11) is 1.34. The number of rotatable bonds is 7. The Labute approximate surface area is 151 Å². The fraction of sp³-hybridized carbons (Fsp3) is 0.765. The van der Waals surface area contributed by atoms with E-state index in [9.17, 15) is 23.1 Å². The summed E-state index contributed by atoms with van der Waals surface area (Å²) in [4.78, 5) is 17.9. The van der Waals surface area contributed by atoms with E-state index < -0.39 is 29.9 Å². The van der Waals surface area contributed by atoms with Crippen molar-refractivity contribution in [2.75, 3.05) is 19.6 Å². The van der Waals surface area contributed by atoms with E-state index in [1.54, 1.807) is 0 Å². The predicted molar refractivity (Wildman–Crippen MR) is 90.3 cm³/mol. The summed E-state index contributed by atoms with van der Waals surface area (Å²) in [5.41, 5.74) is -3.31. The normalized spacial score (nSPS) is 21.4. The molecule has 1 aliphatic rings. The van der Waals surface area contributed by atoms with Crippen molar-refractivity contribution < 1.29 is 23.1 Å². The second-order valence-electron chi connectivity index (χ2n) is 6.98. The molecule has 1 aliphatic heterocycles. The lowest BCUT2D eigenvalue weighted by molar-refractivity contribution is -0.271. The van der Waals surface area contributed by atoms with Gasteiger partial charge in [-0.15, -0.1) is 0 Å². The lowest BCUT2D eigenvalue weighted by atomic mass is 9.97. The predicted octanol–water partition coefficient (Wildman–Crippen LogP) is 1.94. The summed E-state index contributed by atoms with van der Waals surface area (Å²) in [6.07, 6.45) is 0.510. The van der Waals surface area contributed by atoms with Gasteiger partial charge in [0.2, 0.25) is 11.5 Å². The Bertz CT molecular complexity index is 605. The van der Waals surface area contributed by atoms with Gasteiger partial charge in [0.25, 0.3) is 0 Å². The number of aliphatic hydroxyl groups is 1. The molecule has 1 fully saturated rings. The number of imidazole rings is 1. The molecular weight excluding hydrogens is 349 g/mol. The molecule has 0 aromatic carbocycles. The van der Waals surface area contributed by atoms with E-state index >= 15 is 0 Å². The summed E-state index contributed by atoms with van der Waals surface area (Å²) in [6, 6.07) is 0.498. The van der Waals surface area contributed by atoms with Crippen LogP contribution in [0.25, 0.3) is 0 Å². The van der Waals surface area contributed by atoms with Gasteiger partial charge in [-0.3, -0.25) is 4.79 Å². The molecule has 1 aromatic heterocycles. The molecule has 1 amide bonds. The van der Waals surface area contributed by atoms with Gasteiger partial charge in [-0.25, -0.2) is 4.98 Å². The summed E-state index contributed by atoms with van der Waals surface area (Å²) >= 11 is 0. The molecule has 0 saturated carbocycles. The average molecular weight is 376 g/mol. The minimum absolute atomic E-state index is 0.274. The number of aromatic nitrogens is 2. The third kappa shape index (κ3) is 4.76. The number of carbonyl (C=O) groups excluding carboxylic acids is 1. The number of amides is 1. The summed E-state index contributed by atoms with van der Waals surface area (Å²) in [5.74, 6) is -1.44. The van der Waals surface area contributed by atoms with Gasteiger partial charge >= 0.3 is 6.18 Å². The quantitative estimate of drug-likeness (QED) is 0.714. The Morgan fingerprint density at radius 1 is 1.42 bits per heavy atom. The molecule has 2 N–H and O–H groups in total. The molecule has 0 spiro atoms. The molecule has 6 nitrogen and oxygen atoms in total. The van der Waals surface area contributed by atoms with Crippen molar-refractivity contribution >= 4 is 5.91 Å². The van der Waals surface area contributed by atoms with Gasteiger partial charge in [0.15, 0.2) is 5.82 Å². The van der Waals surface area contributed by atoms with Crippen LogP contribution in [0.3, 0.4) is 0 Å². The maximum absolute atomic E-state index is 13.4. The van der Waals surface area contributed by atoms with Gasteiger partial charge in [0.1, 0.15) is 0 Å². The molecular formula is C17H27F3N4O2. The maximum atomic E-state index is 13.4. The van der Waals surface area contributed by atoms with Crippen LogP contribution >= 0.6 is 0 Å². The Balaban J connectivity index is 1.87. The third-order valence-corrected chi connectivity index (χ3v) is 4.96. The number of likely N-dealkylation sites (tertiary alicyclic amines) is 1. The van der Waals surface area contributed by atoms with E-state index in [0.29, 0.717) is 12.5 Å². The Morgan fingerprint density at radius 2 is 2.15 bits per heavy atom. The van der Waals surface area contributed by atoms with Gasteiger partial charge in [0.05, 0.1) is 6.42 Å². The van der Waals surface area contributed by atoms with Gasteiger partial charge < -0.3 is 19.9 Å². The Morgan fingerprint density at radius 3 is 2.73 bits per heavy atom. The van der Waals surface area contributed by atoms with Crippen LogP contribution in [-0.2, 0) is 17.4 Å². The molecule has 9 heteroatoms. The average Bonchev–Trinajstić information content (AvgIpc) is 2.98. The molecule has 2 rings (SSSR count). The first kappa shape index (κ1) is 20.7. The van der Waals surface area contributed by atoms with Crippen LogP contribution < -0.4 is 5.32 Å². The maximum Gasteiger partial charge on any atom is 0.425 e. The van der Waals surface area contributed by atoms with Crippen molar-refractivity contribution in [3.63, 3.8) is 0 Å². The molecule has 148 valence electrons. The zero-order valence-corrected chi connectivity index (χ0v) is 15.2. The summed E-state index contributed by atoms with van der Waals surface area (Å²) < 4.78 is 41.2. The standard InChI is InChI=1S/C17H27F3N4O2/c1-13-6-3-4-9-24(13)10-5-7-21-14(25)12-16(26,17(18,19)20)15-22-8-11-23(15)2/h8,11,13,26H,3-7,9-10,12H2,1-2H3,(H,21,25). The van der Waals surface area contributed by atoms with Crippen LogP contribution in [0.15, 0.2) is 12.4 Å². The molecule has 0 aliphatic carbocycles. The zero-order valence-electron chi connectivity index (χ0n) is 15.2. The highest BCUT2D eigenvalue weighted by Crippen LogP contribution is 2.40. The molecule has 26 heavy (non-hydrogen) atoms. The number of hydrogen-bond donors (Lipinski definition) is 2. The second-order valence-corrected chi connectivity index (χ2v) is 6.98. The highest BCUT2D eigenvalue weighted by atomic mass is 19.4. The van der Waals surface area contributed by atoms with Crippen molar-refractivity contribution in [3.8, 4) is 0 Å². The number of halogens is 3. The largest absolute Gasteiger partial charge is 0.425 e. The molecule has 2 unspecified atom stereocenters. The first-order valence-corrected chi connectivity index (χ1v) is 8.93. The van der Waals surface area contributed by atoms with Crippen molar-refractivity contribution in [2.45, 2.75) is 56.8 Å². The van der Waals surface area contributed by atoms with Crippen LogP contribution in [0.1, 0.15) is 44.9 Å². The number of nitrogens with zero attached hydrogens (tertiary/aromatic N) is 3. The van der Waals surface area contributed by atoms with Crippen LogP contribution in [-0.4, -0.2) is 57.3 Å². The Kier molecular flexibility index (Phi) is 6.68. The van der Waals surface area contributed by atoms with E-state index in [4.69, 9.17) is 0 Å². The van der Waals surface area contributed by atoms with Crippen molar-refractivity contribution in [3.05, 3.63) is 18.2 Å². The van der Waals surface area contributed by atoms with Gasteiger partial charge in [0, 0.05) is 38.6 Å². The topological polar surface area (TPSA) is 70.4 Å². The van der Waals surface area contributed by atoms with Crippen LogP contribution in [0.5, 0.6) is 0 Å². The van der Waals surface area contributed by atoms with E-state index in [1.165, 1.54) is 19.7 Å². The van der Waals surface area contributed by atoms with E-state index in [0.717, 1.165) is 36.7 Å². The molecule has 2 heterocycles. The van der Waals surface area contributed by atoms with Crippen LogP contribution in [0.4, 0.5) is 13.2 Å². The lowest BCUT2D eigenvalue weighted by Gasteiger charge is -2.33. The number of nitrogens with one attached hydrogen (secondary N) is 1. The fourth-order valence-corrected chi connectivity index (χ4v) is 3.36. The third-order valence-electron chi connectivity index (χ3n) is 4.96. The second kappa shape index (κ2) is 8.39. The number of alkyl halides is 3. The molecule has 1 aromatic rings.